The Balaban J connectivity index is 1.55. The summed E-state index contributed by atoms with van der Waals surface area (Å²) < 4.78 is 11.3. The number of benzene rings is 1. The number of rotatable bonds is 6. The van der Waals surface area contributed by atoms with E-state index in [0.29, 0.717) is 24.6 Å². The van der Waals surface area contributed by atoms with E-state index in [1.165, 1.54) is 4.90 Å². The predicted octanol–water partition coefficient (Wildman–Crippen LogP) is 2.05. The van der Waals surface area contributed by atoms with Gasteiger partial charge in [-0.05, 0) is 30.5 Å². The molecule has 1 aliphatic rings. The number of carbonyl (C=O) groups excluding carboxylic acids is 2. The van der Waals surface area contributed by atoms with Crippen LogP contribution in [0.5, 0.6) is 11.5 Å². The molecule has 1 aromatic carbocycles. The minimum absolute atomic E-state index is 0.00220. The molecular formula is C18H20N2O4S. The van der Waals surface area contributed by atoms with Crippen molar-refractivity contribution in [2.45, 2.75) is 19.6 Å². The number of nitrogens with zero attached hydrogens (tertiary/aromatic N) is 1. The van der Waals surface area contributed by atoms with Crippen LogP contribution in [-0.4, -0.2) is 42.5 Å². The van der Waals surface area contributed by atoms with Crippen molar-refractivity contribution in [3.63, 3.8) is 0 Å². The number of thiophene rings is 1. The lowest BCUT2D eigenvalue weighted by Crippen LogP contribution is -2.49. The molecule has 25 heavy (non-hydrogen) atoms. The quantitative estimate of drug-likeness (QED) is 0.856. The van der Waals surface area contributed by atoms with Crippen molar-refractivity contribution in [3.8, 4) is 11.5 Å². The molecule has 6 nitrogen and oxygen atoms in total. The highest BCUT2D eigenvalue weighted by Crippen LogP contribution is 2.31. The summed E-state index contributed by atoms with van der Waals surface area (Å²) >= 11 is 1.58. The van der Waals surface area contributed by atoms with Crippen LogP contribution < -0.4 is 14.8 Å². The first-order valence-electron chi connectivity index (χ1n) is 8.13. The fourth-order valence-corrected chi connectivity index (χ4v) is 3.16. The Labute approximate surface area is 150 Å². The number of carbonyl (C=O) groups is 2. The average molecular weight is 360 g/mol. The largest absolute Gasteiger partial charge is 0.485 e. The zero-order chi connectivity index (χ0) is 17.6. The van der Waals surface area contributed by atoms with Crippen molar-refractivity contribution in [1.29, 1.82) is 0 Å². The van der Waals surface area contributed by atoms with Crippen LogP contribution in [0.1, 0.15) is 11.8 Å². The van der Waals surface area contributed by atoms with E-state index < -0.39 is 6.10 Å². The van der Waals surface area contributed by atoms with Gasteiger partial charge in [0.1, 0.15) is 6.61 Å². The number of hydrogen-bond acceptors (Lipinski definition) is 5. The third-order valence-corrected chi connectivity index (χ3v) is 4.73. The van der Waals surface area contributed by atoms with E-state index in [2.05, 4.69) is 5.32 Å². The van der Waals surface area contributed by atoms with Gasteiger partial charge in [0.15, 0.2) is 11.5 Å². The summed E-state index contributed by atoms with van der Waals surface area (Å²) in [6.07, 6.45) is -0.736. The van der Waals surface area contributed by atoms with E-state index in [0.717, 1.165) is 4.88 Å². The molecular weight excluding hydrogens is 340 g/mol. The van der Waals surface area contributed by atoms with E-state index >= 15 is 0 Å². The van der Waals surface area contributed by atoms with Crippen molar-refractivity contribution in [2.75, 3.05) is 19.7 Å². The summed E-state index contributed by atoms with van der Waals surface area (Å²) in [7, 11) is 0. The Bertz CT molecular complexity index is 732. The fraction of sp³-hybridized carbons (Fsp3) is 0.333. The second-order valence-corrected chi connectivity index (χ2v) is 6.60. The van der Waals surface area contributed by atoms with E-state index in [4.69, 9.17) is 9.47 Å². The summed E-state index contributed by atoms with van der Waals surface area (Å²) in [5, 5.41) is 4.79. The third kappa shape index (κ3) is 4.30. The lowest BCUT2D eigenvalue weighted by atomic mass is 10.2. The summed E-state index contributed by atoms with van der Waals surface area (Å²) in [6, 6.07) is 11.1. The maximum Gasteiger partial charge on any atom is 0.267 e. The van der Waals surface area contributed by atoms with Gasteiger partial charge in [-0.3, -0.25) is 9.59 Å². The number of likely N-dealkylation sites (N-methyl/N-ethyl adjacent to an activating group) is 1. The van der Waals surface area contributed by atoms with Gasteiger partial charge in [-0.1, -0.05) is 18.2 Å². The van der Waals surface area contributed by atoms with Crippen LogP contribution in [0.3, 0.4) is 0 Å². The molecule has 0 spiro atoms. The molecule has 1 aliphatic heterocycles. The summed E-state index contributed by atoms with van der Waals surface area (Å²) in [5.41, 5.74) is 0. The number of ether oxygens (including phenoxy) is 2. The lowest BCUT2D eigenvalue weighted by Gasteiger charge is -2.29. The molecule has 1 aromatic heterocycles. The summed E-state index contributed by atoms with van der Waals surface area (Å²) in [6.45, 7) is 2.87. The second kappa shape index (κ2) is 8.02. The highest BCUT2D eigenvalue weighted by molar-refractivity contribution is 7.09. The van der Waals surface area contributed by atoms with Crippen molar-refractivity contribution in [3.05, 3.63) is 46.7 Å². The first-order valence-corrected chi connectivity index (χ1v) is 9.01. The zero-order valence-corrected chi connectivity index (χ0v) is 14.8. The van der Waals surface area contributed by atoms with Gasteiger partial charge in [0.25, 0.3) is 5.91 Å². The number of amides is 2. The van der Waals surface area contributed by atoms with Crippen LogP contribution in [0.15, 0.2) is 41.8 Å². The van der Waals surface area contributed by atoms with Gasteiger partial charge in [0.05, 0.1) is 13.1 Å². The number of hydrogen-bond donors (Lipinski definition) is 1. The van der Waals surface area contributed by atoms with Crippen LogP contribution in [-0.2, 0) is 16.1 Å². The van der Waals surface area contributed by atoms with Gasteiger partial charge in [-0.2, -0.15) is 0 Å². The minimum Gasteiger partial charge on any atom is -0.485 e. The molecule has 2 amide bonds. The average Bonchev–Trinajstić information content (AvgIpc) is 3.17. The Morgan fingerprint density at radius 2 is 2.04 bits per heavy atom. The van der Waals surface area contributed by atoms with Gasteiger partial charge in [0.2, 0.25) is 12.0 Å². The first-order chi connectivity index (χ1) is 12.2. The molecule has 2 heterocycles. The van der Waals surface area contributed by atoms with Gasteiger partial charge < -0.3 is 19.7 Å². The Hall–Kier alpha value is -2.54. The minimum atomic E-state index is -0.736. The second-order valence-electron chi connectivity index (χ2n) is 5.57. The maximum atomic E-state index is 12.7. The topological polar surface area (TPSA) is 67.9 Å². The van der Waals surface area contributed by atoms with Crippen molar-refractivity contribution in [2.24, 2.45) is 0 Å². The SMILES string of the molecule is CCN(CC(=O)NCc1cccs1)C(=O)C1COc2ccccc2O1. The van der Waals surface area contributed by atoms with Crippen molar-refractivity contribution < 1.29 is 19.1 Å². The molecule has 7 heteroatoms. The normalized spacial score (nSPS) is 15.5. The van der Waals surface area contributed by atoms with Gasteiger partial charge in [0, 0.05) is 11.4 Å². The van der Waals surface area contributed by atoms with Crippen LogP contribution in [0.2, 0.25) is 0 Å². The Kier molecular flexibility index (Phi) is 5.55. The summed E-state index contributed by atoms with van der Waals surface area (Å²) in [5.74, 6) is 0.734. The third-order valence-electron chi connectivity index (χ3n) is 3.85. The Morgan fingerprint density at radius 3 is 2.76 bits per heavy atom. The molecule has 0 fully saturated rings. The first kappa shape index (κ1) is 17.3. The Morgan fingerprint density at radius 1 is 1.24 bits per heavy atom. The predicted molar refractivity (Wildman–Crippen MR) is 94.8 cm³/mol. The van der Waals surface area contributed by atoms with E-state index in [-0.39, 0.29) is 25.0 Å². The standard InChI is InChI=1S/C18H20N2O4S/c1-2-20(11-17(21)19-10-13-6-5-9-25-13)18(22)16-12-23-14-7-3-4-8-15(14)24-16/h3-9,16H,2,10-12H2,1H3,(H,19,21). The lowest BCUT2D eigenvalue weighted by molar-refractivity contribution is -0.144. The van der Waals surface area contributed by atoms with Crippen LogP contribution in [0.4, 0.5) is 0 Å². The molecule has 0 radical (unpaired) electrons. The van der Waals surface area contributed by atoms with Gasteiger partial charge >= 0.3 is 0 Å². The van der Waals surface area contributed by atoms with Crippen molar-refractivity contribution >= 4 is 23.2 Å². The van der Waals surface area contributed by atoms with E-state index in [9.17, 15) is 9.59 Å². The molecule has 0 bridgehead atoms. The zero-order valence-electron chi connectivity index (χ0n) is 13.9. The van der Waals surface area contributed by atoms with Crippen LogP contribution >= 0.6 is 11.3 Å². The molecule has 2 aromatic rings. The number of fused-ring (bicyclic) bond motifs is 1. The molecule has 1 atom stereocenters. The molecule has 1 unspecified atom stereocenters. The van der Waals surface area contributed by atoms with Crippen molar-refractivity contribution in [1.82, 2.24) is 10.2 Å². The highest BCUT2D eigenvalue weighted by atomic mass is 32.1. The molecule has 132 valence electrons. The molecule has 3 rings (SSSR count). The maximum absolute atomic E-state index is 12.7. The number of para-hydroxylation sites is 2. The molecule has 0 saturated carbocycles. The molecule has 0 saturated heterocycles. The monoisotopic (exact) mass is 360 g/mol. The van der Waals surface area contributed by atoms with E-state index in [1.807, 2.05) is 36.6 Å². The van der Waals surface area contributed by atoms with Gasteiger partial charge in [-0.25, -0.2) is 0 Å². The number of nitrogens with one attached hydrogen (secondary N) is 1. The molecule has 0 aliphatic carbocycles. The van der Waals surface area contributed by atoms with Crippen LogP contribution in [0.25, 0.3) is 0 Å². The molecule has 1 N–H and O–H groups in total. The van der Waals surface area contributed by atoms with Gasteiger partial charge in [-0.15, -0.1) is 11.3 Å². The summed E-state index contributed by atoms with van der Waals surface area (Å²) in [4.78, 5) is 27.3. The highest BCUT2D eigenvalue weighted by Gasteiger charge is 2.31. The van der Waals surface area contributed by atoms with E-state index in [1.54, 1.807) is 23.5 Å². The van der Waals surface area contributed by atoms with Crippen LogP contribution in [0, 0.1) is 0 Å². The fourth-order valence-electron chi connectivity index (χ4n) is 2.52. The smallest absolute Gasteiger partial charge is 0.267 e.